The minimum absolute atomic E-state index is 0.0655. The second-order valence-electron chi connectivity index (χ2n) is 7.97. The van der Waals surface area contributed by atoms with Crippen molar-refractivity contribution in [3.63, 3.8) is 0 Å². The van der Waals surface area contributed by atoms with Crippen molar-refractivity contribution in [2.24, 2.45) is 0 Å². The predicted molar refractivity (Wildman–Crippen MR) is 117 cm³/mol. The first-order chi connectivity index (χ1) is 14.2. The number of halogens is 1. The number of nitriles is 1. The lowest BCUT2D eigenvalue weighted by Crippen LogP contribution is -2.06. The standard InChI is InChI=1S/C27H26FN/c1-2-3-4-5-6-24-16-23-12-11-22-15-21(20-9-7-19(18-29)8-10-20)13-14-25(22)26(23)17-27(24)28/h7-10,13-17H,2-6,11-12H2,1H3. The van der Waals surface area contributed by atoms with E-state index in [-0.39, 0.29) is 5.82 Å². The summed E-state index contributed by atoms with van der Waals surface area (Å²) in [5, 5.41) is 8.98. The van der Waals surface area contributed by atoms with E-state index in [4.69, 9.17) is 5.26 Å². The Morgan fingerprint density at radius 3 is 2.28 bits per heavy atom. The van der Waals surface area contributed by atoms with Gasteiger partial charge in [-0.2, -0.15) is 5.26 Å². The third-order valence-electron chi connectivity index (χ3n) is 5.98. The van der Waals surface area contributed by atoms with Crippen LogP contribution in [0.4, 0.5) is 4.39 Å². The summed E-state index contributed by atoms with van der Waals surface area (Å²) in [5.74, 6) is -0.0655. The molecule has 3 aromatic carbocycles. The minimum atomic E-state index is -0.0655. The summed E-state index contributed by atoms with van der Waals surface area (Å²) in [6.45, 7) is 2.20. The van der Waals surface area contributed by atoms with Gasteiger partial charge in [0.1, 0.15) is 5.82 Å². The first kappa shape index (κ1) is 19.4. The molecule has 0 saturated heterocycles. The van der Waals surface area contributed by atoms with Crippen LogP contribution in [0.25, 0.3) is 22.3 Å². The lowest BCUT2D eigenvalue weighted by Gasteiger charge is -2.22. The van der Waals surface area contributed by atoms with Crippen LogP contribution in [0, 0.1) is 17.1 Å². The summed E-state index contributed by atoms with van der Waals surface area (Å²) in [4.78, 5) is 0. The van der Waals surface area contributed by atoms with Crippen molar-refractivity contribution < 1.29 is 4.39 Å². The Labute approximate surface area is 172 Å². The van der Waals surface area contributed by atoms with Crippen LogP contribution < -0.4 is 0 Å². The molecule has 0 heterocycles. The van der Waals surface area contributed by atoms with Crippen molar-refractivity contribution >= 4 is 0 Å². The second-order valence-corrected chi connectivity index (χ2v) is 7.97. The molecule has 0 amide bonds. The van der Waals surface area contributed by atoms with Crippen molar-refractivity contribution in [3.8, 4) is 28.3 Å². The lowest BCUT2D eigenvalue weighted by atomic mass is 9.83. The summed E-state index contributed by atoms with van der Waals surface area (Å²) in [7, 11) is 0. The number of benzene rings is 3. The smallest absolute Gasteiger partial charge is 0.127 e. The second kappa shape index (κ2) is 8.62. The molecule has 0 aromatic heterocycles. The number of unbranched alkanes of at least 4 members (excludes halogenated alkanes) is 3. The van der Waals surface area contributed by atoms with E-state index in [0.29, 0.717) is 5.56 Å². The van der Waals surface area contributed by atoms with E-state index in [1.54, 1.807) is 6.07 Å². The van der Waals surface area contributed by atoms with Gasteiger partial charge < -0.3 is 0 Å². The Morgan fingerprint density at radius 2 is 1.55 bits per heavy atom. The molecule has 4 rings (SSSR count). The molecule has 0 atom stereocenters. The van der Waals surface area contributed by atoms with Crippen LogP contribution in [0.15, 0.2) is 54.6 Å². The molecular weight excluding hydrogens is 357 g/mol. The Kier molecular flexibility index (Phi) is 5.76. The van der Waals surface area contributed by atoms with Crippen LogP contribution in [0.3, 0.4) is 0 Å². The lowest BCUT2D eigenvalue weighted by molar-refractivity contribution is 0.593. The van der Waals surface area contributed by atoms with Gasteiger partial charge in [-0.3, -0.25) is 0 Å². The monoisotopic (exact) mass is 383 g/mol. The van der Waals surface area contributed by atoms with Gasteiger partial charge in [0.2, 0.25) is 0 Å². The molecule has 0 N–H and O–H groups in total. The maximum atomic E-state index is 14.8. The molecule has 0 fully saturated rings. The van der Waals surface area contributed by atoms with Crippen LogP contribution >= 0.6 is 0 Å². The van der Waals surface area contributed by atoms with Crippen molar-refractivity contribution in [1.29, 1.82) is 5.26 Å². The third-order valence-corrected chi connectivity index (χ3v) is 5.98. The van der Waals surface area contributed by atoms with Gasteiger partial charge in [0.15, 0.2) is 0 Å². The largest absolute Gasteiger partial charge is 0.207 e. The molecule has 2 heteroatoms. The van der Waals surface area contributed by atoms with Crippen molar-refractivity contribution in [3.05, 3.63) is 82.7 Å². The van der Waals surface area contributed by atoms with Gasteiger partial charge in [0.05, 0.1) is 11.6 Å². The summed E-state index contributed by atoms with van der Waals surface area (Å²) < 4.78 is 14.8. The molecule has 3 aromatic rings. The third kappa shape index (κ3) is 4.10. The highest BCUT2D eigenvalue weighted by Crippen LogP contribution is 2.37. The highest BCUT2D eigenvalue weighted by atomic mass is 19.1. The number of rotatable bonds is 6. The maximum absolute atomic E-state index is 14.8. The predicted octanol–water partition coefficient (Wildman–Crippen LogP) is 7.25. The van der Waals surface area contributed by atoms with Gasteiger partial charge in [-0.25, -0.2) is 4.39 Å². The van der Waals surface area contributed by atoms with Gasteiger partial charge in [-0.05, 0) is 82.8 Å². The zero-order valence-corrected chi connectivity index (χ0v) is 17.0. The van der Waals surface area contributed by atoms with Crippen LogP contribution in [0.5, 0.6) is 0 Å². The van der Waals surface area contributed by atoms with Crippen molar-refractivity contribution in [2.45, 2.75) is 51.9 Å². The number of aryl methyl sites for hydroxylation is 3. The molecule has 1 aliphatic rings. The normalized spacial score (nSPS) is 12.2. The Bertz CT molecular complexity index is 1060. The molecule has 146 valence electrons. The zero-order chi connectivity index (χ0) is 20.2. The molecule has 0 saturated carbocycles. The van der Waals surface area contributed by atoms with E-state index < -0.39 is 0 Å². The fraction of sp³-hybridized carbons (Fsp3) is 0.296. The number of hydrogen-bond acceptors (Lipinski definition) is 1. The highest BCUT2D eigenvalue weighted by Gasteiger charge is 2.19. The number of nitrogens with zero attached hydrogens (tertiary/aromatic N) is 1. The molecule has 29 heavy (non-hydrogen) atoms. The van der Waals surface area contributed by atoms with E-state index in [1.807, 2.05) is 24.3 Å². The average Bonchev–Trinajstić information content (AvgIpc) is 2.76. The number of fused-ring (bicyclic) bond motifs is 3. The van der Waals surface area contributed by atoms with E-state index in [2.05, 4.69) is 37.3 Å². The van der Waals surface area contributed by atoms with Gasteiger partial charge in [0.25, 0.3) is 0 Å². The van der Waals surface area contributed by atoms with Gasteiger partial charge in [-0.1, -0.05) is 62.6 Å². The summed E-state index contributed by atoms with van der Waals surface area (Å²) in [5.41, 5.74) is 8.53. The highest BCUT2D eigenvalue weighted by molar-refractivity contribution is 5.77. The zero-order valence-electron chi connectivity index (χ0n) is 17.0. The molecule has 1 nitrogen and oxygen atoms in total. The molecule has 0 radical (unpaired) electrons. The van der Waals surface area contributed by atoms with E-state index in [0.717, 1.165) is 53.5 Å². The van der Waals surface area contributed by atoms with Crippen molar-refractivity contribution in [2.75, 3.05) is 0 Å². The van der Waals surface area contributed by atoms with Crippen molar-refractivity contribution in [1.82, 2.24) is 0 Å². The van der Waals surface area contributed by atoms with Gasteiger partial charge in [0, 0.05) is 0 Å². The first-order valence-corrected chi connectivity index (χ1v) is 10.6. The average molecular weight is 384 g/mol. The Hall–Kier alpha value is -2.92. The minimum Gasteiger partial charge on any atom is -0.207 e. The first-order valence-electron chi connectivity index (χ1n) is 10.6. The SMILES string of the molecule is CCCCCCc1cc2c(cc1F)-c1ccc(-c3ccc(C#N)cc3)cc1CC2. The fourth-order valence-corrected chi connectivity index (χ4v) is 4.31. The van der Waals surface area contributed by atoms with Gasteiger partial charge in [-0.15, -0.1) is 0 Å². The van der Waals surface area contributed by atoms with E-state index in [1.165, 1.54) is 30.4 Å². The Balaban J connectivity index is 1.61. The summed E-state index contributed by atoms with van der Waals surface area (Å²) in [6.07, 6.45) is 7.44. The molecule has 0 bridgehead atoms. The molecule has 0 spiro atoms. The molecular formula is C27H26FN. The molecule has 0 unspecified atom stereocenters. The fourth-order valence-electron chi connectivity index (χ4n) is 4.31. The van der Waals surface area contributed by atoms with Gasteiger partial charge >= 0.3 is 0 Å². The van der Waals surface area contributed by atoms with Crippen LogP contribution in [-0.4, -0.2) is 0 Å². The molecule has 1 aliphatic carbocycles. The Morgan fingerprint density at radius 1 is 0.828 bits per heavy atom. The molecule has 0 aliphatic heterocycles. The summed E-state index contributed by atoms with van der Waals surface area (Å²) in [6, 6.07) is 20.1. The summed E-state index contributed by atoms with van der Waals surface area (Å²) >= 11 is 0. The van der Waals surface area contributed by atoms with Crippen LogP contribution in [-0.2, 0) is 19.3 Å². The van der Waals surface area contributed by atoms with E-state index in [9.17, 15) is 4.39 Å². The van der Waals surface area contributed by atoms with Crippen LogP contribution in [0.1, 0.15) is 54.9 Å². The quantitative estimate of drug-likeness (QED) is 0.411. The van der Waals surface area contributed by atoms with Crippen LogP contribution in [0.2, 0.25) is 0 Å². The number of hydrogen-bond donors (Lipinski definition) is 0. The topological polar surface area (TPSA) is 23.8 Å². The van der Waals surface area contributed by atoms with E-state index >= 15 is 0 Å². The maximum Gasteiger partial charge on any atom is 0.127 e.